The van der Waals surface area contributed by atoms with E-state index in [1.54, 1.807) is 18.2 Å². The van der Waals surface area contributed by atoms with Crippen molar-refractivity contribution < 1.29 is 4.79 Å². The molecule has 1 aromatic heterocycles. The Morgan fingerprint density at radius 1 is 1.21 bits per heavy atom. The van der Waals surface area contributed by atoms with Gasteiger partial charge in [0.2, 0.25) is 5.91 Å². The number of carbonyl (C=O) groups is 1. The van der Waals surface area contributed by atoms with Gasteiger partial charge in [-0.1, -0.05) is 41.4 Å². The number of nitrogens with one attached hydrogen (secondary N) is 1. The highest BCUT2D eigenvalue weighted by atomic mass is 35.5. The van der Waals surface area contributed by atoms with E-state index in [-0.39, 0.29) is 11.2 Å². The Bertz CT molecular complexity index is 729. The molecule has 2 heterocycles. The summed E-state index contributed by atoms with van der Waals surface area (Å²) in [6.45, 7) is 2.77. The van der Waals surface area contributed by atoms with Crippen molar-refractivity contribution in [2.75, 3.05) is 5.32 Å². The minimum atomic E-state index is -0.306. The van der Waals surface area contributed by atoms with Gasteiger partial charge in [0.1, 0.15) is 5.82 Å². The van der Waals surface area contributed by atoms with Crippen LogP contribution in [0.1, 0.15) is 32.0 Å². The van der Waals surface area contributed by atoms with Crippen LogP contribution in [0.4, 0.5) is 5.69 Å². The van der Waals surface area contributed by atoms with Crippen molar-refractivity contribution in [2.24, 2.45) is 0 Å². The van der Waals surface area contributed by atoms with Gasteiger partial charge in [-0.05, 0) is 38.0 Å². The fourth-order valence-corrected chi connectivity index (χ4v) is 4.05. The summed E-state index contributed by atoms with van der Waals surface area (Å²) >= 11 is 13.3. The first kappa shape index (κ1) is 17.6. The number of halogens is 2. The molecule has 0 saturated carbocycles. The van der Waals surface area contributed by atoms with Crippen LogP contribution >= 0.6 is 35.0 Å². The molecule has 0 unspecified atom stereocenters. The number of hydrogen-bond donors (Lipinski definition) is 1. The maximum absolute atomic E-state index is 12.4. The molecule has 0 saturated heterocycles. The Morgan fingerprint density at radius 3 is 2.71 bits per heavy atom. The lowest BCUT2D eigenvalue weighted by atomic mass is 10.2. The summed E-state index contributed by atoms with van der Waals surface area (Å²) < 4.78 is 2.14. The number of hydrogen-bond acceptors (Lipinski definition) is 4. The highest BCUT2D eigenvalue weighted by Gasteiger charge is 2.21. The summed E-state index contributed by atoms with van der Waals surface area (Å²) in [5, 5.41) is 12.8. The third-order valence-corrected chi connectivity index (χ3v) is 5.37. The van der Waals surface area contributed by atoms with Crippen LogP contribution in [0, 0.1) is 0 Å². The summed E-state index contributed by atoms with van der Waals surface area (Å²) in [7, 11) is 0. The van der Waals surface area contributed by atoms with Gasteiger partial charge in [0.15, 0.2) is 5.16 Å². The van der Waals surface area contributed by atoms with Crippen LogP contribution in [0.25, 0.3) is 0 Å². The third-order valence-electron chi connectivity index (χ3n) is 3.86. The average Bonchev–Trinajstić information content (AvgIpc) is 2.74. The van der Waals surface area contributed by atoms with Gasteiger partial charge < -0.3 is 9.88 Å². The van der Waals surface area contributed by atoms with E-state index in [9.17, 15) is 4.79 Å². The number of benzene rings is 1. The molecule has 0 bridgehead atoms. The number of thioether (sulfide) groups is 1. The molecule has 24 heavy (non-hydrogen) atoms. The zero-order valence-electron chi connectivity index (χ0n) is 13.3. The Labute approximate surface area is 155 Å². The average molecular weight is 385 g/mol. The number of aromatic nitrogens is 3. The largest absolute Gasteiger partial charge is 0.325 e. The second-order valence-electron chi connectivity index (χ2n) is 5.77. The van der Waals surface area contributed by atoms with Gasteiger partial charge in [-0.15, -0.1) is 10.2 Å². The van der Waals surface area contributed by atoms with Crippen molar-refractivity contribution in [3.8, 4) is 0 Å². The second-order valence-corrected chi connectivity index (χ2v) is 7.95. The van der Waals surface area contributed by atoms with Crippen LogP contribution in [0.2, 0.25) is 10.0 Å². The molecule has 1 amide bonds. The first-order chi connectivity index (χ1) is 11.5. The number of carbonyl (C=O) groups excluding carboxylic acids is 1. The predicted octanol–water partition coefficient (Wildman–Crippen LogP) is 4.43. The Hall–Kier alpha value is -1.24. The van der Waals surface area contributed by atoms with E-state index in [4.69, 9.17) is 23.2 Å². The molecule has 1 atom stereocenters. The van der Waals surface area contributed by atoms with Gasteiger partial charge in [-0.3, -0.25) is 4.79 Å². The van der Waals surface area contributed by atoms with E-state index in [1.807, 2.05) is 6.92 Å². The van der Waals surface area contributed by atoms with Crippen LogP contribution < -0.4 is 5.32 Å². The second kappa shape index (κ2) is 7.76. The molecule has 2 aromatic rings. The maximum Gasteiger partial charge on any atom is 0.237 e. The molecule has 8 heteroatoms. The SMILES string of the molecule is C[C@@H](Sc1nnc2n1CCCCC2)C(=O)Nc1cc(Cl)cc(Cl)c1. The highest BCUT2D eigenvalue weighted by molar-refractivity contribution is 8.00. The number of aryl methyl sites for hydroxylation is 1. The van der Waals surface area contributed by atoms with Crippen molar-refractivity contribution in [2.45, 2.75) is 49.6 Å². The number of fused-ring (bicyclic) bond motifs is 1. The summed E-state index contributed by atoms with van der Waals surface area (Å²) in [4.78, 5) is 12.4. The molecule has 3 rings (SSSR count). The maximum atomic E-state index is 12.4. The quantitative estimate of drug-likeness (QED) is 0.791. The lowest BCUT2D eigenvalue weighted by Gasteiger charge is -2.13. The predicted molar refractivity (Wildman–Crippen MR) is 98.0 cm³/mol. The molecule has 1 N–H and O–H groups in total. The smallest absolute Gasteiger partial charge is 0.237 e. The lowest BCUT2D eigenvalue weighted by Crippen LogP contribution is -2.23. The fraction of sp³-hybridized carbons (Fsp3) is 0.438. The van der Waals surface area contributed by atoms with Crippen LogP contribution in [-0.2, 0) is 17.8 Å². The van der Waals surface area contributed by atoms with Gasteiger partial charge in [-0.25, -0.2) is 0 Å². The summed E-state index contributed by atoms with van der Waals surface area (Å²) in [6.07, 6.45) is 4.43. The van der Waals surface area contributed by atoms with E-state index in [1.165, 1.54) is 18.2 Å². The summed E-state index contributed by atoms with van der Waals surface area (Å²) in [5.41, 5.74) is 0.588. The molecule has 0 fully saturated rings. The molecule has 1 aliphatic rings. The molecular formula is C16H18Cl2N4OS. The highest BCUT2D eigenvalue weighted by Crippen LogP contribution is 2.27. The van der Waals surface area contributed by atoms with Gasteiger partial charge in [-0.2, -0.15) is 0 Å². The molecule has 128 valence electrons. The van der Waals surface area contributed by atoms with Gasteiger partial charge in [0.25, 0.3) is 0 Å². The zero-order valence-corrected chi connectivity index (χ0v) is 15.6. The van der Waals surface area contributed by atoms with Gasteiger partial charge in [0, 0.05) is 28.7 Å². The fourth-order valence-electron chi connectivity index (χ4n) is 2.63. The zero-order chi connectivity index (χ0) is 17.1. The Morgan fingerprint density at radius 2 is 1.96 bits per heavy atom. The van der Waals surface area contributed by atoms with Crippen LogP contribution in [0.15, 0.2) is 23.4 Å². The third kappa shape index (κ3) is 4.23. The normalized spacial score (nSPS) is 15.5. The van der Waals surface area contributed by atoms with Gasteiger partial charge >= 0.3 is 0 Å². The summed E-state index contributed by atoms with van der Waals surface area (Å²) in [5.74, 6) is 0.897. The number of anilines is 1. The number of rotatable bonds is 4. The van der Waals surface area contributed by atoms with E-state index >= 15 is 0 Å². The monoisotopic (exact) mass is 384 g/mol. The number of amides is 1. The lowest BCUT2D eigenvalue weighted by molar-refractivity contribution is -0.115. The van der Waals surface area contributed by atoms with Gasteiger partial charge in [0.05, 0.1) is 5.25 Å². The first-order valence-corrected chi connectivity index (χ1v) is 9.52. The molecule has 1 aromatic carbocycles. The molecule has 0 spiro atoms. The van der Waals surface area contributed by atoms with E-state index in [2.05, 4.69) is 20.1 Å². The molecular weight excluding hydrogens is 367 g/mol. The number of nitrogens with zero attached hydrogens (tertiary/aromatic N) is 3. The minimum absolute atomic E-state index is 0.121. The van der Waals surface area contributed by atoms with Crippen LogP contribution in [0.3, 0.4) is 0 Å². The minimum Gasteiger partial charge on any atom is -0.325 e. The molecule has 5 nitrogen and oxygen atoms in total. The van der Waals surface area contributed by atoms with E-state index in [0.29, 0.717) is 15.7 Å². The molecule has 0 radical (unpaired) electrons. The van der Waals surface area contributed by atoms with Crippen LogP contribution in [-0.4, -0.2) is 25.9 Å². The summed E-state index contributed by atoms with van der Waals surface area (Å²) in [6, 6.07) is 4.97. The Kier molecular flexibility index (Phi) is 5.69. The van der Waals surface area contributed by atoms with Crippen molar-refractivity contribution >= 4 is 46.6 Å². The first-order valence-electron chi connectivity index (χ1n) is 7.88. The topological polar surface area (TPSA) is 59.8 Å². The van der Waals surface area contributed by atoms with Crippen molar-refractivity contribution in [3.63, 3.8) is 0 Å². The standard InChI is InChI=1S/C16H18Cl2N4OS/c1-10(15(23)19-13-8-11(17)7-12(18)9-13)24-16-21-20-14-5-3-2-4-6-22(14)16/h7-10H,2-6H2,1H3,(H,19,23)/t10-/m1/s1. The van der Waals surface area contributed by atoms with Crippen molar-refractivity contribution in [1.29, 1.82) is 0 Å². The Balaban J connectivity index is 1.67. The molecule has 0 aliphatic carbocycles. The van der Waals surface area contributed by atoms with Crippen molar-refractivity contribution in [3.05, 3.63) is 34.1 Å². The van der Waals surface area contributed by atoms with E-state index < -0.39 is 0 Å². The van der Waals surface area contributed by atoms with Crippen LogP contribution in [0.5, 0.6) is 0 Å². The van der Waals surface area contributed by atoms with Crippen molar-refractivity contribution in [1.82, 2.24) is 14.8 Å². The molecule has 1 aliphatic heterocycles. The van der Waals surface area contributed by atoms with E-state index in [0.717, 1.165) is 36.8 Å².